The number of hydrogen-bond donors (Lipinski definition) is 1. The molecule has 1 unspecified atom stereocenters. The number of pyridine rings is 1. The molecular weight excluding hydrogens is 311 g/mol. The second-order valence-electron chi connectivity index (χ2n) is 4.46. The van der Waals surface area contributed by atoms with Gasteiger partial charge in [0.15, 0.2) is 0 Å². The van der Waals surface area contributed by atoms with Crippen LogP contribution in [0.1, 0.15) is 28.9 Å². The largest absolute Gasteiger partial charge is 0.497 e. The van der Waals surface area contributed by atoms with E-state index in [9.17, 15) is 4.79 Å². The molecule has 0 aliphatic carbocycles. The summed E-state index contributed by atoms with van der Waals surface area (Å²) in [5, 5.41) is 3.30. The van der Waals surface area contributed by atoms with Gasteiger partial charge in [-0.2, -0.15) is 0 Å². The molecule has 1 amide bonds. The molecule has 0 saturated heterocycles. The van der Waals surface area contributed by atoms with Crippen LogP contribution in [-0.4, -0.2) is 18.0 Å². The van der Waals surface area contributed by atoms with Crippen molar-refractivity contribution in [3.8, 4) is 5.75 Å². The van der Waals surface area contributed by atoms with Crippen molar-refractivity contribution in [3.05, 3.63) is 57.8 Å². The van der Waals surface area contributed by atoms with Gasteiger partial charge < -0.3 is 10.1 Å². The van der Waals surface area contributed by atoms with Gasteiger partial charge in [0.05, 0.1) is 23.7 Å². The number of carbonyl (C=O) groups is 1. The van der Waals surface area contributed by atoms with Crippen molar-refractivity contribution in [1.82, 2.24) is 10.3 Å². The summed E-state index contributed by atoms with van der Waals surface area (Å²) < 4.78 is 5.10. The smallest absolute Gasteiger partial charge is 0.253 e. The van der Waals surface area contributed by atoms with Gasteiger partial charge >= 0.3 is 0 Å². The molecule has 110 valence electrons. The fraction of sp³-hybridized carbons (Fsp3) is 0.200. The van der Waals surface area contributed by atoms with E-state index in [4.69, 9.17) is 27.9 Å². The van der Waals surface area contributed by atoms with Gasteiger partial charge in [-0.15, -0.1) is 0 Å². The average Bonchev–Trinajstić information content (AvgIpc) is 2.50. The first kappa shape index (κ1) is 15.6. The highest BCUT2D eigenvalue weighted by Crippen LogP contribution is 2.21. The lowest BCUT2D eigenvalue weighted by molar-refractivity contribution is 0.0939. The molecule has 1 atom stereocenters. The molecule has 1 aromatic carbocycles. The van der Waals surface area contributed by atoms with E-state index in [1.165, 1.54) is 12.3 Å². The predicted molar refractivity (Wildman–Crippen MR) is 83.1 cm³/mol. The maximum atomic E-state index is 12.1. The summed E-state index contributed by atoms with van der Waals surface area (Å²) in [6.45, 7) is 1.89. The number of nitrogens with zero attached hydrogens (tertiary/aromatic N) is 1. The van der Waals surface area contributed by atoms with Gasteiger partial charge in [0.25, 0.3) is 5.91 Å². The first-order valence-electron chi connectivity index (χ1n) is 6.27. The Balaban J connectivity index is 2.08. The highest BCUT2D eigenvalue weighted by molar-refractivity contribution is 6.41. The molecule has 21 heavy (non-hydrogen) atoms. The van der Waals surface area contributed by atoms with Gasteiger partial charge in [0, 0.05) is 6.20 Å². The molecule has 0 aliphatic rings. The number of aromatic nitrogens is 1. The third-order valence-electron chi connectivity index (χ3n) is 3.02. The lowest BCUT2D eigenvalue weighted by Crippen LogP contribution is -2.26. The third kappa shape index (κ3) is 3.86. The normalized spacial score (nSPS) is 11.8. The van der Waals surface area contributed by atoms with Crippen LogP contribution in [0.25, 0.3) is 0 Å². The zero-order valence-corrected chi connectivity index (χ0v) is 13.1. The van der Waals surface area contributed by atoms with Crippen molar-refractivity contribution >= 4 is 29.1 Å². The van der Waals surface area contributed by atoms with Crippen molar-refractivity contribution in [2.24, 2.45) is 0 Å². The summed E-state index contributed by atoms with van der Waals surface area (Å²) in [7, 11) is 1.61. The Hall–Kier alpha value is -1.78. The topological polar surface area (TPSA) is 51.2 Å². The van der Waals surface area contributed by atoms with Crippen molar-refractivity contribution in [3.63, 3.8) is 0 Å². The molecular formula is C15H14Cl2N2O2. The van der Waals surface area contributed by atoms with Crippen LogP contribution in [0.3, 0.4) is 0 Å². The van der Waals surface area contributed by atoms with E-state index in [1.54, 1.807) is 7.11 Å². The fourth-order valence-corrected chi connectivity index (χ4v) is 2.07. The number of ether oxygens (including phenoxy) is 1. The molecule has 0 saturated carbocycles. The molecule has 1 aromatic heterocycles. The monoisotopic (exact) mass is 324 g/mol. The van der Waals surface area contributed by atoms with Crippen molar-refractivity contribution in [2.45, 2.75) is 13.0 Å². The van der Waals surface area contributed by atoms with Gasteiger partial charge in [0.1, 0.15) is 10.9 Å². The summed E-state index contributed by atoms with van der Waals surface area (Å²) in [4.78, 5) is 16.0. The summed E-state index contributed by atoms with van der Waals surface area (Å²) in [6.07, 6.45) is 1.39. The van der Waals surface area contributed by atoms with Gasteiger partial charge in [-0.1, -0.05) is 35.3 Å². The van der Waals surface area contributed by atoms with Gasteiger partial charge in [0.2, 0.25) is 0 Å². The number of hydrogen-bond acceptors (Lipinski definition) is 3. The summed E-state index contributed by atoms with van der Waals surface area (Å²) >= 11 is 11.6. The van der Waals surface area contributed by atoms with E-state index in [0.717, 1.165) is 11.3 Å². The number of halogens is 2. The van der Waals surface area contributed by atoms with Crippen LogP contribution in [0.5, 0.6) is 5.75 Å². The molecule has 1 N–H and O–H groups in total. The Bertz CT molecular complexity index is 645. The van der Waals surface area contributed by atoms with Gasteiger partial charge in [-0.25, -0.2) is 4.98 Å². The maximum Gasteiger partial charge on any atom is 0.253 e. The standard InChI is InChI=1S/C15H14Cl2N2O2/c1-9(10-3-5-12(21-2)6-4-10)19-15(20)11-7-13(16)14(17)18-8-11/h3-9H,1-2H3,(H,19,20). The van der Waals surface area contributed by atoms with Crippen molar-refractivity contribution in [1.29, 1.82) is 0 Å². The number of amides is 1. The summed E-state index contributed by atoms with van der Waals surface area (Å²) in [6, 6.07) is 8.83. The minimum atomic E-state index is -0.260. The fourth-order valence-electron chi connectivity index (χ4n) is 1.80. The van der Waals surface area contributed by atoms with Crippen LogP contribution in [-0.2, 0) is 0 Å². The summed E-state index contributed by atoms with van der Waals surface area (Å²) in [5.74, 6) is 0.510. The predicted octanol–water partition coefficient (Wildman–Crippen LogP) is 3.89. The molecule has 4 nitrogen and oxygen atoms in total. The highest BCUT2D eigenvalue weighted by Gasteiger charge is 2.13. The SMILES string of the molecule is COc1ccc(C(C)NC(=O)c2cnc(Cl)c(Cl)c2)cc1. The quantitative estimate of drug-likeness (QED) is 0.868. The van der Waals surface area contributed by atoms with Crippen molar-refractivity contribution in [2.75, 3.05) is 7.11 Å². The lowest BCUT2D eigenvalue weighted by atomic mass is 10.1. The average molecular weight is 325 g/mol. The number of benzene rings is 1. The Morgan fingerprint density at radius 2 is 1.95 bits per heavy atom. The van der Waals surface area contributed by atoms with Gasteiger partial charge in [-0.05, 0) is 30.7 Å². The zero-order valence-electron chi connectivity index (χ0n) is 11.6. The minimum absolute atomic E-state index is 0.155. The second kappa shape index (κ2) is 6.78. The molecule has 2 rings (SSSR count). The Kier molecular flexibility index (Phi) is 5.04. The molecule has 6 heteroatoms. The molecule has 1 heterocycles. The first-order chi connectivity index (χ1) is 10.0. The molecule has 0 radical (unpaired) electrons. The van der Waals surface area contributed by atoms with E-state index in [-0.39, 0.29) is 22.1 Å². The van der Waals surface area contributed by atoms with E-state index in [2.05, 4.69) is 10.3 Å². The van der Waals surface area contributed by atoms with Crippen LogP contribution >= 0.6 is 23.2 Å². The van der Waals surface area contributed by atoms with Crippen LogP contribution in [0.4, 0.5) is 0 Å². The Labute approximate surface area is 133 Å². The molecule has 2 aromatic rings. The van der Waals surface area contributed by atoms with E-state index in [1.807, 2.05) is 31.2 Å². The number of nitrogens with one attached hydrogen (secondary N) is 1. The highest BCUT2D eigenvalue weighted by atomic mass is 35.5. The van der Waals surface area contributed by atoms with Crippen LogP contribution in [0, 0.1) is 0 Å². The molecule has 0 bridgehead atoms. The van der Waals surface area contributed by atoms with Crippen LogP contribution in [0.15, 0.2) is 36.5 Å². The third-order valence-corrected chi connectivity index (χ3v) is 3.71. The molecule has 0 aliphatic heterocycles. The van der Waals surface area contributed by atoms with E-state index >= 15 is 0 Å². The van der Waals surface area contributed by atoms with E-state index in [0.29, 0.717) is 5.56 Å². The second-order valence-corrected chi connectivity index (χ2v) is 5.23. The maximum absolute atomic E-state index is 12.1. The Morgan fingerprint density at radius 1 is 1.29 bits per heavy atom. The minimum Gasteiger partial charge on any atom is -0.497 e. The molecule has 0 fully saturated rings. The summed E-state index contributed by atoms with van der Waals surface area (Å²) in [5.41, 5.74) is 1.34. The Morgan fingerprint density at radius 3 is 2.52 bits per heavy atom. The van der Waals surface area contributed by atoms with Crippen LogP contribution in [0.2, 0.25) is 10.2 Å². The first-order valence-corrected chi connectivity index (χ1v) is 7.02. The van der Waals surface area contributed by atoms with Crippen molar-refractivity contribution < 1.29 is 9.53 Å². The number of rotatable bonds is 4. The van der Waals surface area contributed by atoms with E-state index < -0.39 is 0 Å². The van der Waals surface area contributed by atoms with Crippen LogP contribution < -0.4 is 10.1 Å². The lowest BCUT2D eigenvalue weighted by Gasteiger charge is -2.15. The van der Waals surface area contributed by atoms with Gasteiger partial charge in [-0.3, -0.25) is 4.79 Å². The zero-order chi connectivity index (χ0) is 15.4. The molecule has 0 spiro atoms. The number of methoxy groups -OCH3 is 1. The number of carbonyl (C=O) groups excluding carboxylic acids is 1.